The fraction of sp³-hybridized carbons (Fsp3) is 0.286. The van der Waals surface area contributed by atoms with Crippen LogP contribution in [0.5, 0.6) is 0 Å². The summed E-state index contributed by atoms with van der Waals surface area (Å²) in [4.78, 5) is 16.8. The van der Waals surface area contributed by atoms with Gasteiger partial charge >= 0.3 is 5.97 Å². The average molecular weight is 277 g/mol. The molecule has 0 spiro atoms. The first-order valence-corrected chi connectivity index (χ1v) is 6.61. The Morgan fingerprint density at radius 2 is 1.95 bits per heavy atom. The normalized spacial score (nSPS) is 10.5. The number of esters is 1. The Morgan fingerprint density at radius 3 is 2.53 bits per heavy atom. The monoisotopic (exact) mass is 277 g/mol. The van der Waals surface area contributed by atoms with Gasteiger partial charge in [0, 0.05) is 7.11 Å². The molecule has 1 heterocycles. The number of methoxy groups -OCH3 is 2. The van der Waals surface area contributed by atoms with Crippen molar-refractivity contribution in [1.29, 1.82) is 0 Å². The van der Waals surface area contributed by atoms with E-state index in [4.69, 9.17) is 9.47 Å². The first-order valence-electron chi connectivity index (χ1n) is 5.79. The molecule has 0 saturated carbocycles. The minimum atomic E-state index is -0.402. The summed E-state index contributed by atoms with van der Waals surface area (Å²) in [7, 11) is 3.03. The van der Waals surface area contributed by atoms with Gasteiger partial charge in [0.25, 0.3) is 0 Å². The van der Waals surface area contributed by atoms with E-state index < -0.39 is 5.97 Å². The summed E-state index contributed by atoms with van der Waals surface area (Å²) in [6.07, 6.45) is 0. The van der Waals surface area contributed by atoms with Gasteiger partial charge in [0.05, 0.1) is 23.6 Å². The van der Waals surface area contributed by atoms with Crippen molar-refractivity contribution in [3.05, 3.63) is 40.5 Å². The number of benzene rings is 1. The highest BCUT2D eigenvalue weighted by atomic mass is 32.1. The van der Waals surface area contributed by atoms with Gasteiger partial charge in [-0.25, -0.2) is 9.78 Å². The number of nitrogens with zero attached hydrogens (tertiary/aromatic N) is 1. The van der Waals surface area contributed by atoms with Crippen LogP contribution in [0.25, 0.3) is 10.4 Å². The molecule has 5 heteroatoms. The second-order valence-corrected chi connectivity index (χ2v) is 5.24. The third-order valence-corrected chi connectivity index (χ3v) is 3.66. The van der Waals surface area contributed by atoms with Crippen molar-refractivity contribution in [3.8, 4) is 10.4 Å². The molecule has 0 saturated heterocycles. The predicted octanol–water partition coefficient (Wildman–Crippen LogP) is 3.05. The molecule has 4 nitrogen and oxygen atoms in total. The summed E-state index contributed by atoms with van der Waals surface area (Å²) in [5.41, 5.74) is 2.43. The van der Waals surface area contributed by atoms with Gasteiger partial charge in [0.1, 0.15) is 0 Å². The van der Waals surface area contributed by atoms with Crippen molar-refractivity contribution < 1.29 is 14.3 Å². The van der Waals surface area contributed by atoms with Crippen LogP contribution in [0.15, 0.2) is 24.3 Å². The van der Waals surface area contributed by atoms with Crippen molar-refractivity contribution in [2.45, 2.75) is 13.5 Å². The van der Waals surface area contributed by atoms with Gasteiger partial charge in [-0.2, -0.15) is 0 Å². The zero-order valence-corrected chi connectivity index (χ0v) is 11.9. The summed E-state index contributed by atoms with van der Waals surface area (Å²) in [6, 6.07) is 7.89. The molecule has 0 atom stereocenters. The molecule has 0 radical (unpaired) electrons. The maximum atomic E-state index is 11.7. The number of carbonyl (C=O) groups is 1. The number of thiazole rings is 1. The third kappa shape index (κ3) is 3.00. The number of carbonyl (C=O) groups excluding carboxylic acids is 1. The van der Waals surface area contributed by atoms with Crippen molar-refractivity contribution in [3.63, 3.8) is 0 Å². The van der Waals surface area contributed by atoms with E-state index in [2.05, 4.69) is 4.98 Å². The second-order valence-electron chi connectivity index (χ2n) is 4.03. The lowest BCUT2D eigenvalue weighted by atomic mass is 10.1. The van der Waals surface area contributed by atoms with Crippen LogP contribution in [-0.4, -0.2) is 25.2 Å². The van der Waals surface area contributed by atoms with Crippen molar-refractivity contribution in [2.24, 2.45) is 0 Å². The van der Waals surface area contributed by atoms with E-state index in [0.717, 1.165) is 21.0 Å². The number of hydrogen-bond acceptors (Lipinski definition) is 5. The number of aryl methyl sites for hydroxylation is 1. The van der Waals surface area contributed by atoms with Crippen molar-refractivity contribution >= 4 is 17.3 Å². The van der Waals surface area contributed by atoms with Crippen LogP contribution in [0.1, 0.15) is 21.1 Å². The van der Waals surface area contributed by atoms with E-state index in [0.29, 0.717) is 12.3 Å². The molecule has 0 amide bonds. The standard InChI is InChI=1S/C14H15NO3S/c1-9-15-12(14(16)18-3)13(19-9)11-6-4-10(5-7-11)8-17-2/h4-7H,8H2,1-3H3. The van der Waals surface area contributed by atoms with Crippen LogP contribution >= 0.6 is 11.3 Å². The van der Waals surface area contributed by atoms with Gasteiger partial charge in [-0.15, -0.1) is 11.3 Å². The summed E-state index contributed by atoms with van der Waals surface area (Å²) >= 11 is 1.49. The van der Waals surface area contributed by atoms with E-state index in [9.17, 15) is 4.79 Å². The van der Waals surface area contributed by atoms with E-state index in [1.807, 2.05) is 31.2 Å². The molecule has 0 unspecified atom stereocenters. The Kier molecular flexibility index (Phi) is 4.29. The zero-order valence-electron chi connectivity index (χ0n) is 11.1. The van der Waals surface area contributed by atoms with E-state index in [1.54, 1.807) is 7.11 Å². The maximum Gasteiger partial charge on any atom is 0.358 e. The first kappa shape index (κ1) is 13.7. The molecule has 0 aliphatic rings. The van der Waals surface area contributed by atoms with Gasteiger partial charge in [0.2, 0.25) is 0 Å². The molecule has 0 bridgehead atoms. The SMILES string of the molecule is COCc1ccc(-c2sc(C)nc2C(=O)OC)cc1. The van der Waals surface area contributed by atoms with Gasteiger partial charge in [0.15, 0.2) is 5.69 Å². The molecular weight excluding hydrogens is 262 g/mol. The van der Waals surface area contributed by atoms with Crippen molar-refractivity contribution in [1.82, 2.24) is 4.98 Å². The number of hydrogen-bond donors (Lipinski definition) is 0. The van der Waals surface area contributed by atoms with E-state index in [1.165, 1.54) is 18.4 Å². The van der Waals surface area contributed by atoms with Gasteiger partial charge in [-0.05, 0) is 18.1 Å². The lowest BCUT2D eigenvalue weighted by Crippen LogP contribution is -2.03. The highest BCUT2D eigenvalue weighted by Gasteiger charge is 2.18. The highest BCUT2D eigenvalue weighted by Crippen LogP contribution is 2.30. The molecule has 1 aromatic heterocycles. The van der Waals surface area contributed by atoms with E-state index in [-0.39, 0.29) is 0 Å². The molecule has 1 aromatic carbocycles. The summed E-state index contributed by atoms with van der Waals surface area (Å²) in [6.45, 7) is 2.45. The summed E-state index contributed by atoms with van der Waals surface area (Å²) in [5.74, 6) is -0.402. The Bertz CT molecular complexity index is 575. The Labute approximate surface area is 116 Å². The van der Waals surface area contributed by atoms with Crippen molar-refractivity contribution in [2.75, 3.05) is 14.2 Å². The highest BCUT2D eigenvalue weighted by molar-refractivity contribution is 7.15. The fourth-order valence-electron chi connectivity index (χ4n) is 1.78. The van der Waals surface area contributed by atoms with Gasteiger partial charge in [-0.1, -0.05) is 24.3 Å². The molecule has 0 aliphatic heterocycles. The molecule has 100 valence electrons. The topological polar surface area (TPSA) is 48.4 Å². The Morgan fingerprint density at radius 1 is 1.26 bits per heavy atom. The Hall–Kier alpha value is -1.72. The smallest absolute Gasteiger partial charge is 0.358 e. The largest absolute Gasteiger partial charge is 0.464 e. The van der Waals surface area contributed by atoms with E-state index >= 15 is 0 Å². The average Bonchev–Trinajstić information content (AvgIpc) is 2.81. The fourth-order valence-corrected chi connectivity index (χ4v) is 2.69. The van der Waals surface area contributed by atoms with Crippen LogP contribution in [0.2, 0.25) is 0 Å². The number of rotatable bonds is 4. The quantitative estimate of drug-likeness (QED) is 0.806. The van der Waals surface area contributed by atoms with Gasteiger partial charge < -0.3 is 9.47 Å². The molecule has 0 fully saturated rings. The van der Waals surface area contributed by atoms with Crippen LogP contribution in [0.3, 0.4) is 0 Å². The lowest BCUT2D eigenvalue weighted by molar-refractivity contribution is 0.0595. The van der Waals surface area contributed by atoms with Crippen LogP contribution in [0.4, 0.5) is 0 Å². The Balaban J connectivity index is 2.38. The summed E-state index contributed by atoms with van der Waals surface area (Å²) < 4.78 is 9.83. The maximum absolute atomic E-state index is 11.7. The molecular formula is C14H15NO3S. The summed E-state index contributed by atoms with van der Waals surface area (Å²) in [5, 5.41) is 0.844. The number of ether oxygens (including phenoxy) is 2. The minimum Gasteiger partial charge on any atom is -0.464 e. The molecule has 0 aliphatic carbocycles. The molecule has 19 heavy (non-hydrogen) atoms. The van der Waals surface area contributed by atoms with Crippen LogP contribution in [0, 0.1) is 6.92 Å². The predicted molar refractivity (Wildman–Crippen MR) is 74.3 cm³/mol. The molecule has 0 N–H and O–H groups in total. The minimum absolute atomic E-state index is 0.379. The van der Waals surface area contributed by atoms with Crippen LogP contribution in [-0.2, 0) is 16.1 Å². The molecule has 2 aromatic rings. The lowest BCUT2D eigenvalue weighted by Gasteiger charge is -2.03. The zero-order chi connectivity index (χ0) is 13.8. The van der Waals surface area contributed by atoms with Gasteiger partial charge in [-0.3, -0.25) is 0 Å². The first-order chi connectivity index (χ1) is 9.15. The second kappa shape index (κ2) is 5.95. The third-order valence-electron chi connectivity index (χ3n) is 2.64. The molecule has 2 rings (SSSR count). The number of aromatic nitrogens is 1. The van der Waals surface area contributed by atoms with Crippen LogP contribution < -0.4 is 0 Å².